The summed E-state index contributed by atoms with van der Waals surface area (Å²) >= 11 is 6.93. The molecule has 0 aromatic carbocycles. The molecule has 68 valence electrons. The van der Waals surface area contributed by atoms with Crippen LogP contribution in [0.25, 0.3) is 0 Å². The summed E-state index contributed by atoms with van der Waals surface area (Å²) in [6.45, 7) is 0. The Kier molecular flexibility index (Phi) is 3.43. The van der Waals surface area contributed by atoms with Gasteiger partial charge in [-0.15, -0.1) is 11.3 Å². The maximum atomic E-state index is 12.3. The quantitative estimate of drug-likeness (QED) is 0.811. The van der Waals surface area contributed by atoms with Gasteiger partial charge in [0, 0.05) is 4.88 Å². The van der Waals surface area contributed by atoms with Gasteiger partial charge < -0.3 is 5.32 Å². The Morgan fingerprint density at radius 1 is 1.58 bits per heavy atom. The lowest BCUT2D eigenvalue weighted by Gasteiger charge is -2.13. The molecule has 12 heavy (non-hydrogen) atoms. The summed E-state index contributed by atoms with van der Waals surface area (Å²) in [5.74, 6) is 0. The van der Waals surface area contributed by atoms with Gasteiger partial charge in [-0.2, -0.15) is 0 Å². The molecule has 1 aromatic rings. The molecule has 0 bridgehead atoms. The van der Waals surface area contributed by atoms with Gasteiger partial charge in [-0.1, -0.05) is 11.6 Å². The van der Waals surface area contributed by atoms with Crippen LogP contribution in [-0.2, 0) is 0 Å². The van der Waals surface area contributed by atoms with Gasteiger partial charge in [0.15, 0.2) is 0 Å². The average molecular weight is 212 g/mol. The van der Waals surface area contributed by atoms with Crippen molar-refractivity contribution in [3.8, 4) is 0 Å². The molecule has 0 aliphatic carbocycles. The Balaban J connectivity index is 2.87. The summed E-state index contributed by atoms with van der Waals surface area (Å²) in [6, 6.07) is 0.673. The standard InChI is InChI=1S/C7H8ClF2NS/c1-11-5(7(9)10)6-4(8)2-3-12-6/h2-3,5,7,11H,1H3. The maximum absolute atomic E-state index is 12.3. The lowest BCUT2D eigenvalue weighted by molar-refractivity contribution is 0.104. The largest absolute Gasteiger partial charge is 0.308 e. The lowest BCUT2D eigenvalue weighted by Crippen LogP contribution is -2.22. The molecule has 1 heterocycles. The van der Waals surface area contributed by atoms with Crippen molar-refractivity contribution in [2.24, 2.45) is 0 Å². The summed E-state index contributed by atoms with van der Waals surface area (Å²) < 4.78 is 24.7. The second kappa shape index (κ2) is 4.16. The van der Waals surface area contributed by atoms with Crippen molar-refractivity contribution >= 4 is 22.9 Å². The molecule has 0 fully saturated rings. The van der Waals surface area contributed by atoms with Crippen molar-refractivity contribution in [3.63, 3.8) is 0 Å². The Morgan fingerprint density at radius 2 is 2.25 bits per heavy atom. The molecular weight excluding hydrogens is 204 g/mol. The van der Waals surface area contributed by atoms with Gasteiger partial charge in [0.05, 0.1) is 5.02 Å². The van der Waals surface area contributed by atoms with Crippen LogP contribution in [0.2, 0.25) is 5.02 Å². The monoisotopic (exact) mass is 211 g/mol. The molecular formula is C7H8ClF2NS. The summed E-state index contributed by atoms with van der Waals surface area (Å²) in [5, 5.41) is 4.62. The van der Waals surface area contributed by atoms with Crippen LogP contribution in [0.4, 0.5) is 8.78 Å². The first-order valence-electron chi connectivity index (χ1n) is 3.35. The number of hydrogen-bond acceptors (Lipinski definition) is 2. The minimum absolute atomic E-state index is 0.402. The van der Waals surface area contributed by atoms with Crippen LogP contribution >= 0.6 is 22.9 Å². The van der Waals surface area contributed by atoms with Crippen molar-refractivity contribution in [3.05, 3.63) is 21.3 Å². The van der Waals surface area contributed by atoms with Gasteiger partial charge >= 0.3 is 0 Å². The van der Waals surface area contributed by atoms with Crippen LogP contribution < -0.4 is 5.32 Å². The van der Waals surface area contributed by atoms with Gasteiger partial charge in [-0.3, -0.25) is 0 Å². The molecule has 0 spiro atoms. The van der Waals surface area contributed by atoms with Crippen LogP contribution in [0.3, 0.4) is 0 Å². The van der Waals surface area contributed by atoms with Gasteiger partial charge in [0.1, 0.15) is 6.04 Å². The van der Waals surface area contributed by atoms with E-state index in [0.717, 1.165) is 0 Å². The highest BCUT2D eigenvalue weighted by molar-refractivity contribution is 7.10. The first kappa shape index (κ1) is 9.89. The summed E-state index contributed by atoms with van der Waals surface area (Å²) in [7, 11) is 1.49. The highest BCUT2D eigenvalue weighted by atomic mass is 35.5. The molecule has 0 saturated carbocycles. The molecule has 0 saturated heterocycles. The lowest BCUT2D eigenvalue weighted by atomic mass is 10.2. The number of hydrogen-bond donors (Lipinski definition) is 1. The van der Waals surface area contributed by atoms with E-state index in [1.54, 1.807) is 11.4 Å². The minimum atomic E-state index is -2.42. The fourth-order valence-corrected chi connectivity index (χ4v) is 2.19. The molecule has 0 radical (unpaired) electrons. The Hall–Kier alpha value is -0.190. The van der Waals surface area contributed by atoms with Crippen LogP contribution in [0.5, 0.6) is 0 Å². The Morgan fingerprint density at radius 3 is 2.58 bits per heavy atom. The number of nitrogens with one attached hydrogen (secondary N) is 1. The van der Waals surface area contributed by atoms with Crippen molar-refractivity contribution < 1.29 is 8.78 Å². The van der Waals surface area contributed by atoms with E-state index in [1.807, 2.05) is 0 Å². The minimum Gasteiger partial charge on any atom is -0.308 e. The normalized spacial score (nSPS) is 13.8. The smallest absolute Gasteiger partial charge is 0.258 e. The van der Waals surface area contributed by atoms with Crippen LogP contribution in [-0.4, -0.2) is 13.5 Å². The van der Waals surface area contributed by atoms with Crippen molar-refractivity contribution in [1.29, 1.82) is 0 Å². The third-order valence-corrected chi connectivity index (χ3v) is 2.93. The van der Waals surface area contributed by atoms with E-state index in [2.05, 4.69) is 5.32 Å². The summed E-state index contributed by atoms with van der Waals surface area (Å²) in [4.78, 5) is 0.495. The van der Waals surface area contributed by atoms with Gasteiger partial charge in [-0.25, -0.2) is 8.78 Å². The predicted octanol–water partition coefficient (Wildman–Crippen LogP) is 2.93. The number of rotatable bonds is 3. The zero-order valence-electron chi connectivity index (χ0n) is 6.35. The van der Waals surface area contributed by atoms with Gasteiger partial charge in [0.25, 0.3) is 6.43 Å². The maximum Gasteiger partial charge on any atom is 0.258 e. The first-order chi connectivity index (χ1) is 5.66. The van der Waals surface area contributed by atoms with E-state index < -0.39 is 12.5 Å². The highest BCUT2D eigenvalue weighted by Gasteiger charge is 2.23. The Bertz CT molecular complexity index is 251. The fourth-order valence-electron chi connectivity index (χ4n) is 0.899. The second-order valence-corrected chi connectivity index (χ2v) is 3.59. The third kappa shape index (κ3) is 1.94. The molecule has 1 nitrogen and oxygen atoms in total. The topological polar surface area (TPSA) is 12.0 Å². The molecule has 0 amide bonds. The first-order valence-corrected chi connectivity index (χ1v) is 4.61. The highest BCUT2D eigenvalue weighted by Crippen LogP contribution is 2.31. The molecule has 1 rings (SSSR count). The van der Waals surface area contributed by atoms with E-state index >= 15 is 0 Å². The number of alkyl halides is 2. The summed E-state index contributed by atoms with van der Waals surface area (Å²) in [6.07, 6.45) is -2.42. The molecule has 1 unspecified atom stereocenters. The van der Waals surface area contributed by atoms with Gasteiger partial charge in [-0.05, 0) is 18.5 Å². The molecule has 0 aliphatic heterocycles. The zero-order chi connectivity index (χ0) is 9.14. The van der Waals surface area contributed by atoms with E-state index in [0.29, 0.717) is 9.90 Å². The van der Waals surface area contributed by atoms with E-state index in [4.69, 9.17) is 11.6 Å². The van der Waals surface area contributed by atoms with E-state index in [9.17, 15) is 8.78 Å². The van der Waals surface area contributed by atoms with E-state index in [-0.39, 0.29) is 0 Å². The molecule has 0 aliphatic rings. The SMILES string of the molecule is CNC(c1sccc1Cl)C(F)F. The van der Waals surface area contributed by atoms with E-state index in [1.165, 1.54) is 18.4 Å². The Labute approximate surface area is 78.4 Å². The van der Waals surface area contributed by atoms with Crippen molar-refractivity contribution in [2.45, 2.75) is 12.5 Å². The fraction of sp³-hybridized carbons (Fsp3) is 0.429. The van der Waals surface area contributed by atoms with Crippen LogP contribution in [0, 0.1) is 0 Å². The summed E-state index contributed by atoms with van der Waals surface area (Å²) in [5.41, 5.74) is 0. The zero-order valence-corrected chi connectivity index (χ0v) is 7.92. The number of thiophene rings is 1. The number of halogens is 3. The van der Waals surface area contributed by atoms with Crippen LogP contribution in [0.15, 0.2) is 11.4 Å². The van der Waals surface area contributed by atoms with Crippen molar-refractivity contribution in [2.75, 3.05) is 7.05 Å². The molecule has 5 heteroatoms. The predicted molar refractivity (Wildman–Crippen MR) is 47.1 cm³/mol. The van der Waals surface area contributed by atoms with Crippen molar-refractivity contribution in [1.82, 2.24) is 5.32 Å². The average Bonchev–Trinajstić information content (AvgIpc) is 2.38. The molecule has 1 atom stereocenters. The second-order valence-electron chi connectivity index (χ2n) is 2.23. The van der Waals surface area contributed by atoms with Crippen LogP contribution in [0.1, 0.15) is 10.9 Å². The molecule has 1 aromatic heterocycles. The van der Waals surface area contributed by atoms with Gasteiger partial charge in [0.2, 0.25) is 0 Å². The molecule has 1 N–H and O–H groups in total. The third-order valence-electron chi connectivity index (χ3n) is 1.49.